The molecule has 3 aromatic rings. The molecule has 0 N–H and O–H groups in total. The van der Waals surface area contributed by atoms with Crippen LogP contribution in [0.15, 0.2) is 66.5 Å². The summed E-state index contributed by atoms with van der Waals surface area (Å²) >= 11 is 5.68. The van der Waals surface area contributed by atoms with E-state index in [9.17, 15) is 14.0 Å². The van der Waals surface area contributed by atoms with Crippen LogP contribution in [0.3, 0.4) is 0 Å². The third-order valence-electron chi connectivity index (χ3n) is 4.04. The predicted molar refractivity (Wildman–Crippen MR) is 105 cm³/mol. The van der Waals surface area contributed by atoms with Crippen LogP contribution in [0.25, 0.3) is 16.0 Å². The molecule has 1 heterocycles. The van der Waals surface area contributed by atoms with Crippen molar-refractivity contribution in [2.75, 3.05) is 0 Å². The van der Waals surface area contributed by atoms with Crippen molar-refractivity contribution in [2.24, 2.45) is 0 Å². The highest BCUT2D eigenvalue weighted by Crippen LogP contribution is 2.53. The maximum absolute atomic E-state index is 14.5. The Morgan fingerprint density at radius 2 is 1.59 bits per heavy atom. The van der Waals surface area contributed by atoms with Gasteiger partial charge in [-0.05, 0) is 35.4 Å². The van der Waals surface area contributed by atoms with Crippen LogP contribution in [-0.2, 0) is 0 Å². The number of nitrogens with zero attached hydrogens (tertiary/aromatic N) is 2. The number of rotatable bonds is 1. The van der Waals surface area contributed by atoms with Crippen molar-refractivity contribution in [1.82, 2.24) is 0 Å². The number of hydrogen-bond acceptors (Lipinski definition) is 3. The van der Waals surface area contributed by atoms with Gasteiger partial charge in [0.1, 0.15) is 0 Å². The number of halogens is 3. The van der Waals surface area contributed by atoms with E-state index in [1.54, 1.807) is 0 Å². The summed E-state index contributed by atoms with van der Waals surface area (Å²) in [5.74, 6) is -2.34. The lowest BCUT2D eigenvalue weighted by molar-refractivity contribution is 0.489. The monoisotopic (exact) mass is 456 g/mol. The second kappa shape index (κ2) is 7.01. The van der Waals surface area contributed by atoms with Gasteiger partial charge in [-0.3, -0.25) is 0 Å². The zero-order valence-electron chi connectivity index (χ0n) is 13.4. The van der Waals surface area contributed by atoms with Crippen LogP contribution in [0.1, 0.15) is 5.56 Å². The molecule has 4 rings (SSSR count). The van der Waals surface area contributed by atoms with Gasteiger partial charge >= 0.3 is 0 Å². The molecular formula is C20H7BrF2N2S2. The first kappa shape index (κ1) is 18.1. The topological polar surface area (TPSA) is 28.1 Å². The molecule has 0 atom stereocenters. The molecule has 7 heteroatoms. The maximum Gasteiger partial charge on any atom is 0.243 e. The van der Waals surface area contributed by atoms with E-state index in [1.165, 1.54) is 11.8 Å². The van der Waals surface area contributed by atoms with E-state index >= 15 is 0 Å². The van der Waals surface area contributed by atoms with E-state index in [2.05, 4.69) is 20.8 Å². The van der Waals surface area contributed by atoms with Crippen molar-refractivity contribution in [2.45, 2.75) is 19.6 Å². The summed E-state index contributed by atoms with van der Waals surface area (Å²) in [5.41, 5.74) is 1.29. The summed E-state index contributed by atoms with van der Waals surface area (Å²) in [6.07, 6.45) is 0. The smallest absolute Gasteiger partial charge is 0.233 e. The number of benzene rings is 3. The fraction of sp³-hybridized carbons (Fsp3) is 0. The van der Waals surface area contributed by atoms with Crippen LogP contribution in [-0.4, -0.2) is 0 Å². The molecule has 130 valence electrons. The molecule has 0 saturated carbocycles. The van der Waals surface area contributed by atoms with Crippen molar-refractivity contribution in [3.05, 3.63) is 75.6 Å². The largest absolute Gasteiger partial charge is 0.243 e. The van der Waals surface area contributed by atoms with Gasteiger partial charge in [0.25, 0.3) is 0 Å². The fourth-order valence-corrected chi connectivity index (χ4v) is 5.40. The summed E-state index contributed by atoms with van der Waals surface area (Å²) in [5, 5.41) is 9.38. The highest BCUT2D eigenvalue weighted by atomic mass is 79.9. The van der Waals surface area contributed by atoms with Crippen LogP contribution < -0.4 is 0 Å². The first-order chi connectivity index (χ1) is 13.0. The minimum absolute atomic E-state index is 0.0573. The predicted octanol–water partition coefficient (Wildman–Crippen LogP) is 7.43. The van der Waals surface area contributed by atoms with E-state index < -0.39 is 17.3 Å². The number of nitriles is 1. The van der Waals surface area contributed by atoms with Crippen molar-refractivity contribution in [3.63, 3.8) is 0 Å². The molecule has 0 unspecified atom stereocenters. The standard InChI is InChI=1S/C20H7BrF2N2S2/c1-25-18-13(9-24)19-20(17(23)16(18)22)27-15-8-11(4-7-14(15)26-19)10-2-5-12(21)6-3-10/h2-8H. The molecule has 0 aromatic heterocycles. The molecule has 0 aliphatic carbocycles. The van der Waals surface area contributed by atoms with E-state index in [0.29, 0.717) is 4.90 Å². The van der Waals surface area contributed by atoms with Crippen molar-refractivity contribution in [3.8, 4) is 17.2 Å². The van der Waals surface area contributed by atoms with Gasteiger partial charge in [0, 0.05) is 19.2 Å². The number of fused-ring (bicyclic) bond motifs is 2. The molecule has 2 nitrogen and oxygen atoms in total. The molecule has 3 aromatic carbocycles. The van der Waals surface area contributed by atoms with Crippen molar-refractivity contribution >= 4 is 45.1 Å². The maximum atomic E-state index is 14.5. The van der Waals surface area contributed by atoms with E-state index in [1.807, 2.05) is 48.5 Å². The quantitative estimate of drug-likeness (QED) is 0.278. The Morgan fingerprint density at radius 1 is 0.926 bits per heavy atom. The van der Waals surface area contributed by atoms with Crippen LogP contribution in [0.5, 0.6) is 0 Å². The Kier molecular flexibility index (Phi) is 4.69. The Morgan fingerprint density at radius 3 is 2.26 bits per heavy atom. The molecule has 1 aliphatic rings. The SMILES string of the molecule is [C-]#[N+]c1c(F)c(F)c2c(c1C#N)Sc1ccc(-c3ccc(Br)cc3)cc1S2. The van der Waals surface area contributed by atoms with E-state index in [-0.39, 0.29) is 10.5 Å². The third-order valence-corrected chi connectivity index (χ3v) is 7.16. The summed E-state index contributed by atoms with van der Waals surface area (Å²) < 4.78 is 29.7. The van der Waals surface area contributed by atoms with Gasteiger partial charge in [0.2, 0.25) is 5.69 Å². The summed E-state index contributed by atoms with van der Waals surface area (Å²) in [7, 11) is 0. The van der Waals surface area contributed by atoms with Gasteiger partial charge in [0.05, 0.1) is 23.1 Å². The average Bonchev–Trinajstić information content (AvgIpc) is 2.69. The van der Waals surface area contributed by atoms with E-state index in [0.717, 1.165) is 37.2 Å². The molecule has 1 aliphatic heterocycles. The fourth-order valence-electron chi connectivity index (χ4n) is 2.75. The molecule has 0 saturated heterocycles. The molecule has 0 fully saturated rings. The van der Waals surface area contributed by atoms with Gasteiger partial charge in [0.15, 0.2) is 11.6 Å². The molecule has 0 radical (unpaired) electrons. The first-order valence-corrected chi connectivity index (χ1v) is 10.0. The van der Waals surface area contributed by atoms with Gasteiger partial charge in [-0.25, -0.2) is 13.6 Å². The summed E-state index contributed by atoms with van der Waals surface area (Å²) in [6, 6.07) is 15.4. The van der Waals surface area contributed by atoms with Crippen LogP contribution in [0, 0.1) is 29.5 Å². The third kappa shape index (κ3) is 3.02. The lowest BCUT2D eigenvalue weighted by atomic mass is 10.1. The zero-order chi connectivity index (χ0) is 19.1. The van der Waals surface area contributed by atoms with Gasteiger partial charge in [-0.15, -0.1) is 0 Å². The lowest BCUT2D eigenvalue weighted by Crippen LogP contribution is -2.00. The number of hydrogen-bond donors (Lipinski definition) is 0. The Labute approximate surface area is 171 Å². The zero-order valence-corrected chi connectivity index (χ0v) is 16.6. The van der Waals surface area contributed by atoms with Crippen LogP contribution in [0.2, 0.25) is 0 Å². The summed E-state index contributed by atoms with van der Waals surface area (Å²) in [4.78, 5) is 4.99. The van der Waals surface area contributed by atoms with Crippen molar-refractivity contribution < 1.29 is 8.78 Å². The Balaban J connectivity index is 1.84. The molecule has 0 spiro atoms. The van der Waals surface area contributed by atoms with Gasteiger partial charge < -0.3 is 0 Å². The van der Waals surface area contributed by atoms with Gasteiger partial charge in [-0.2, -0.15) is 5.26 Å². The molecule has 27 heavy (non-hydrogen) atoms. The minimum atomic E-state index is -1.26. The summed E-state index contributed by atoms with van der Waals surface area (Å²) in [6.45, 7) is 7.07. The normalized spacial score (nSPS) is 11.9. The molecule has 0 bridgehead atoms. The highest BCUT2D eigenvalue weighted by Gasteiger charge is 2.30. The van der Waals surface area contributed by atoms with Gasteiger partial charge in [-0.1, -0.05) is 57.7 Å². The Bertz CT molecular complexity index is 1180. The molecule has 0 amide bonds. The van der Waals surface area contributed by atoms with Crippen LogP contribution in [0.4, 0.5) is 14.5 Å². The van der Waals surface area contributed by atoms with Crippen LogP contribution >= 0.6 is 39.5 Å². The first-order valence-electron chi connectivity index (χ1n) is 7.61. The molecular weight excluding hydrogens is 450 g/mol. The average molecular weight is 457 g/mol. The van der Waals surface area contributed by atoms with E-state index in [4.69, 9.17) is 6.57 Å². The van der Waals surface area contributed by atoms with Crippen molar-refractivity contribution in [1.29, 1.82) is 5.26 Å². The highest BCUT2D eigenvalue weighted by molar-refractivity contribution is 9.10. The minimum Gasteiger partial charge on any atom is -0.233 e. The second-order valence-electron chi connectivity index (χ2n) is 5.61. The Hall–Kier alpha value is -2.32. The lowest BCUT2D eigenvalue weighted by Gasteiger charge is -2.21. The second-order valence-corrected chi connectivity index (χ2v) is 8.63.